The van der Waals surface area contributed by atoms with Gasteiger partial charge >= 0.3 is 6.18 Å². The van der Waals surface area contributed by atoms with Gasteiger partial charge < -0.3 is 15.5 Å². The molecule has 0 bridgehead atoms. The van der Waals surface area contributed by atoms with Gasteiger partial charge in [0.2, 0.25) is 0 Å². The summed E-state index contributed by atoms with van der Waals surface area (Å²) in [6.07, 6.45) is -4.55. The highest BCUT2D eigenvalue weighted by Crippen LogP contribution is 2.31. The maximum absolute atomic E-state index is 12.8. The molecule has 2 heterocycles. The molecule has 21 heavy (non-hydrogen) atoms. The van der Waals surface area contributed by atoms with Crippen molar-refractivity contribution in [2.45, 2.75) is 19.1 Å². The molecule has 5 nitrogen and oxygen atoms in total. The Hall–Kier alpha value is -1.83. The first-order valence-corrected chi connectivity index (χ1v) is 6.53. The summed E-state index contributed by atoms with van der Waals surface area (Å²) < 4.78 is 38.5. The van der Waals surface area contributed by atoms with E-state index in [1.54, 1.807) is 4.90 Å². The van der Waals surface area contributed by atoms with Crippen LogP contribution in [-0.2, 0) is 6.18 Å². The molecule has 1 aliphatic rings. The Balaban J connectivity index is 2.46. The van der Waals surface area contributed by atoms with Crippen molar-refractivity contribution in [1.82, 2.24) is 9.88 Å². The van der Waals surface area contributed by atoms with Crippen molar-refractivity contribution in [3.8, 4) is 0 Å². The first-order chi connectivity index (χ1) is 9.70. The van der Waals surface area contributed by atoms with E-state index in [4.69, 9.17) is 5.73 Å². The SMILES string of the molecule is CC1CN(C)CCN1c1nc(C(F)(F)F)ccc1C(N)=O. The van der Waals surface area contributed by atoms with Gasteiger partial charge in [-0.3, -0.25) is 4.79 Å². The van der Waals surface area contributed by atoms with Crippen LogP contribution in [0.5, 0.6) is 0 Å². The molecule has 0 radical (unpaired) electrons. The first kappa shape index (κ1) is 15.6. The smallest absolute Gasteiger partial charge is 0.365 e. The topological polar surface area (TPSA) is 62.5 Å². The number of carbonyl (C=O) groups excluding carboxylic acids is 1. The summed E-state index contributed by atoms with van der Waals surface area (Å²) in [5, 5.41) is 0. The normalized spacial score (nSPS) is 20.6. The molecule has 1 aromatic rings. The molecular weight excluding hydrogens is 285 g/mol. The average Bonchev–Trinajstić information content (AvgIpc) is 2.37. The molecule has 0 aromatic carbocycles. The van der Waals surface area contributed by atoms with Crippen LogP contribution < -0.4 is 10.6 Å². The van der Waals surface area contributed by atoms with E-state index in [1.807, 2.05) is 14.0 Å². The lowest BCUT2D eigenvalue weighted by molar-refractivity contribution is -0.141. The van der Waals surface area contributed by atoms with Crippen LogP contribution in [0.1, 0.15) is 23.0 Å². The monoisotopic (exact) mass is 302 g/mol. The maximum Gasteiger partial charge on any atom is 0.433 e. The number of pyridine rings is 1. The number of aromatic nitrogens is 1. The van der Waals surface area contributed by atoms with E-state index in [1.165, 1.54) is 0 Å². The fourth-order valence-corrected chi connectivity index (χ4v) is 2.47. The van der Waals surface area contributed by atoms with Gasteiger partial charge in [-0.25, -0.2) is 4.98 Å². The van der Waals surface area contributed by atoms with Gasteiger partial charge in [-0.2, -0.15) is 13.2 Å². The quantitative estimate of drug-likeness (QED) is 0.895. The van der Waals surface area contributed by atoms with Gasteiger partial charge in [0.05, 0.1) is 5.56 Å². The zero-order valence-corrected chi connectivity index (χ0v) is 11.8. The van der Waals surface area contributed by atoms with E-state index in [2.05, 4.69) is 9.88 Å². The molecule has 8 heteroatoms. The number of hydrogen-bond donors (Lipinski definition) is 1. The minimum atomic E-state index is -4.55. The Kier molecular flexibility index (Phi) is 4.08. The van der Waals surface area contributed by atoms with Crippen LogP contribution in [0.2, 0.25) is 0 Å². The number of piperazine rings is 1. The number of nitrogens with zero attached hydrogens (tertiary/aromatic N) is 3. The number of anilines is 1. The predicted octanol–water partition coefficient (Wildman–Crippen LogP) is 1.34. The zero-order valence-electron chi connectivity index (χ0n) is 11.8. The number of alkyl halides is 3. The number of nitrogens with two attached hydrogens (primary N) is 1. The highest BCUT2D eigenvalue weighted by molar-refractivity contribution is 5.97. The molecule has 2 N–H and O–H groups in total. The number of likely N-dealkylation sites (N-methyl/N-ethyl adjacent to an activating group) is 1. The van der Waals surface area contributed by atoms with Gasteiger partial charge in [0, 0.05) is 25.7 Å². The summed E-state index contributed by atoms with van der Waals surface area (Å²) in [5.41, 5.74) is 4.25. The summed E-state index contributed by atoms with van der Waals surface area (Å²) in [5.74, 6) is -0.768. The van der Waals surface area contributed by atoms with Gasteiger partial charge in [-0.1, -0.05) is 0 Å². The lowest BCUT2D eigenvalue weighted by Gasteiger charge is -2.39. The largest absolute Gasteiger partial charge is 0.433 e. The molecule has 1 aliphatic heterocycles. The predicted molar refractivity (Wildman–Crippen MR) is 72.1 cm³/mol. The van der Waals surface area contributed by atoms with Crippen LogP contribution in [0.15, 0.2) is 12.1 Å². The Morgan fingerprint density at radius 1 is 1.38 bits per heavy atom. The van der Waals surface area contributed by atoms with Crippen molar-refractivity contribution >= 4 is 11.7 Å². The number of carbonyl (C=O) groups is 1. The molecular formula is C13H17F3N4O. The third kappa shape index (κ3) is 3.26. The fraction of sp³-hybridized carbons (Fsp3) is 0.538. The lowest BCUT2D eigenvalue weighted by Crippen LogP contribution is -2.51. The molecule has 1 saturated heterocycles. The Morgan fingerprint density at radius 2 is 2.05 bits per heavy atom. The van der Waals surface area contributed by atoms with Crippen LogP contribution in [0, 0.1) is 0 Å². The van der Waals surface area contributed by atoms with Gasteiger partial charge in [-0.05, 0) is 26.1 Å². The summed E-state index contributed by atoms with van der Waals surface area (Å²) in [7, 11) is 1.93. The van der Waals surface area contributed by atoms with Crippen LogP contribution in [0.4, 0.5) is 19.0 Å². The summed E-state index contributed by atoms with van der Waals surface area (Å²) in [6, 6.07) is 1.82. The van der Waals surface area contributed by atoms with Crippen molar-refractivity contribution in [1.29, 1.82) is 0 Å². The van der Waals surface area contributed by atoms with Crippen LogP contribution in [0.3, 0.4) is 0 Å². The molecule has 1 amide bonds. The Morgan fingerprint density at radius 3 is 2.57 bits per heavy atom. The molecule has 116 valence electrons. The fourth-order valence-electron chi connectivity index (χ4n) is 2.47. The van der Waals surface area contributed by atoms with Gasteiger partial charge in [0.1, 0.15) is 11.5 Å². The number of primary amides is 1. The van der Waals surface area contributed by atoms with E-state index in [0.29, 0.717) is 19.6 Å². The molecule has 1 unspecified atom stereocenters. The second kappa shape index (κ2) is 5.51. The maximum atomic E-state index is 12.8. The van der Waals surface area contributed by atoms with Crippen molar-refractivity contribution in [3.05, 3.63) is 23.4 Å². The summed E-state index contributed by atoms with van der Waals surface area (Å²) >= 11 is 0. The molecule has 0 saturated carbocycles. The van der Waals surface area contributed by atoms with E-state index < -0.39 is 17.8 Å². The van der Waals surface area contributed by atoms with Crippen molar-refractivity contribution in [2.24, 2.45) is 5.73 Å². The van der Waals surface area contributed by atoms with E-state index in [9.17, 15) is 18.0 Å². The number of halogens is 3. The number of hydrogen-bond acceptors (Lipinski definition) is 4. The second-order valence-electron chi connectivity index (χ2n) is 5.23. The van der Waals surface area contributed by atoms with Crippen molar-refractivity contribution in [2.75, 3.05) is 31.6 Å². The van der Waals surface area contributed by atoms with Gasteiger partial charge in [0.15, 0.2) is 0 Å². The van der Waals surface area contributed by atoms with Crippen molar-refractivity contribution in [3.63, 3.8) is 0 Å². The zero-order chi connectivity index (χ0) is 15.8. The first-order valence-electron chi connectivity index (χ1n) is 6.53. The Labute approximate surface area is 120 Å². The molecule has 2 rings (SSSR count). The molecule has 1 fully saturated rings. The average molecular weight is 302 g/mol. The molecule has 0 aliphatic carbocycles. The lowest BCUT2D eigenvalue weighted by atomic mass is 10.1. The summed E-state index contributed by atoms with van der Waals surface area (Å²) in [6.45, 7) is 3.73. The number of amides is 1. The number of rotatable bonds is 2. The third-order valence-corrected chi connectivity index (χ3v) is 3.53. The van der Waals surface area contributed by atoms with Crippen molar-refractivity contribution < 1.29 is 18.0 Å². The molecule has 0 spiro atoms. The van der Waals surface area contributed by atoms with Crippen LogP contribution in [-0.4, -0.2) is 48.5 Å². The highest BCUT2D eigenvalue weighted by atomic mass is 19.4. The van der Waals surface area contributed by atoms with E-state index in [-0.39, 0.29) is 17.4 Å². The van der Waals surface area contributed by atoms with E-state index >= 15 is 0 Å². The van der Waals surface area contributed by atoms with Gasteiger partial charge in [0.25, 0.3) is 5.91 Å². The van der Waals surface area contributed by atoms with Crippen LogP contribution in [0.25, 0.3) is 0 Å². The minimum Gasteiger partial charge on any atom is -0.365 e. The standard InChI is InChI=1S/C13H17F3N4O/c1-8-7-19(2)5-6-20(8)12-9(11(17)21)3-4-10(18-12)13(14,15)16/h3-4,8H,5-7H2,1-2H3,(H2,17,21). The summed E-state index contributed by atoms with van der Waals surface area (Å²) in [4.78, 5) is 18.9. The van der Waals surface area contributed by atoms with Gasteiger partial charge in [-0.15, -0.1) is 0 Å². The third-order valence-electron chi connectivity index (χ3n) is 3.53. The molecule has 1 aromatic heterocycles. The van der Waals surface area contributed by atoms with E-state index in [0.717, 1.165) is 12.1 Å². The minimum absolute atomic E-state index is 0.0120. The van der Waals surface area contributed by atoms with Crippen LogP contribution >= 0.6 is 0 Å². The highest BCUT2D eigenvalue weighted by Gasteiger charge is 2.35. The Bertz CT molecular complexity index is 547. The molecule has 1 atom stereocenters. The second-order valence-corrected chi connectivity index (χ2v) is 5.23.